The molecular formula is C24H28N4O. The number of hydrogen-bond donors (Lipinski definition) is 2. The molecule has 29 heavy (non-hydrogen) atoms. The minimum atomic E-state index is -0.229. The molecule has 1 fully saturated rings. The Labute approximate surface area is 171 Å². The van der Waals surface area contributed by atoms with Crippen molar-refractivity contribution in [3.63, 3.8) is 0 Å². The molecule has 0 unspecified atom stereocenters. The van der Waals surface area contributed by atoms with E-state index in [4.69, 9.17) is 9.82 Å². The fourth-order valence-electron chi connectivity index (χ4n) is 4.19. The summed E-state index contributed by atoms with van der Waals surface area (Å²) in [5.41, 5.74) is 8.74. The number of benzene rings is 2. The summed E-state index contributed by atoms with van der Waals surface area (Å²) in [6.45, 7) is 8.53. The Hall–Kier alpha value is -2.79. The van der Waals surface area contributed by atoms with Gasteiger partial charge in [-0.2, -0.15) is 0 Å². The van der Waals surface area contributed by atoms with Crippen LogP contribution in [0.15, 0.2) is 54.6 Å². The highest BCUT2D eigenvalue weighted by atomic mass is 16.7. The van der Waals surface area contributed by atoms with Crippen LogP contribution >= 0.6 is 0 Å². The largest absolute Gasteiger partial charge is 0.342 e. The second-order valence-electron chi connectivity index (χ2n) is 9.22. The van der Waals surface area contributed by atoms with Gasteiger partial charge in [0.25, 0.3) is 0 Å². The molecule has 2 N–H and O–H groups in total. The van der Waals surface area contributed by atoms with Gasteiger partial charge < -0.3 is 9.88 Å². The maximum Gasteiger partial charge on any atom is 0.203 e. The number of anilines is 1. The Morgan fingerprint density at radius 3 is 2.52 bits per heavy atom. The zero-order valence-electron chi connectivity index (χ0n) is 17.3. The lowest BCUT2D eigenvalue weighted by molar-refractivity contribution is -0.0483. The van der Waals surface area contributed by atoms with Crippen LogP contribution in [0.5, 0.6) is 0 Å². The number of rotatable bonds is 2. The van der Waals surface area contributed by atoms with Crippen molar-refractivity contribution in [3.8, 4) is 0 Å². The Kier molecular flexibility index (Phi) is 4.17. The van der Waals surface area contributed by atoms with E-state index in [1.54, 1.807) is 0 Å². The van der Waals surface area contributed by atoms with Crippen molar-refractivity contribution in [2.45, 2.75) is 44.6 Å². The number of imidazole rings is 1. The average Bonchev–Trinajstić information content (AvgIpc) is 3.33. The van der Waals surface area contributed by atoms with E-state index in [1.807, 2.05) is 6.07 Å². The second kappa shape index (κ2) is 6.63. The summed E-state index contributed by atoms with van der Waals surface area (Å²) in [5, 5.41) is 0. The predicted octanol–water partition coefficient (Wildman–Crippen LogP) is 4.78. The van der Waals surface area contributed by atoms with E-state index in [9.17, 15) is 0 Å². The van der Waals surface area contributed by atoms with Crippen LogP contribution in [0.3, 0.4) is 0 Å². The molecule has 0 atom stereocenters. The van der Waals surface area contributed by atoms with E-state index < -0.39 is 0 Å². The molecule has 2 aliphatic heterocycles. The normalized spacial score (nSPS) is 18.9. The van der Waals surface area contributed by atoms with Crippen molar-refractivity contribution in [1.29, 1.82) is 0 Å². The number of nitrogens with one attached hydrogen (secondary N) is 2. The lowest BCUT2D eigenvalue weighted by Crippen LogP contribution is -2.44. The lowest BCUT2D eigenvalue weighted by Gasteiger charge is -2.36. The molecule has 2 aromatic carbocycles. The van der Waals surface area contributed by atoms with Gasteiger partial charge in [0.1, 0.15) is 5.60 Å². The van der Waals surface area contributed by atoms with E-state index in [0.29, 0.717) is 0 Å². The molecule has 5 heteroatoms. The third-order valence-corrected chi connectivity index (χ3v) is 6.10. The second-order valence-corrected chi connectivity index (χ2v) is 9.22. The molecule has 3 heterocycles. The maximum atomic E-state index is 6.04. The molecule has 3 aromatic rings. The van der Waals surface area contributed by atoms with Gasteiger partial charge in [0.2, 0.25) is 5.95 Å². The number of aromatic nitrogens is 2. The number of piperidine rings is 1. The SMILES string of the molecule is CC(C)(C)c1ccc2nc(N3CCC4(C=C(c5ccccc5)NO4)CC3)[nH]c2c1. The highest BCUT2D eigenvalue weighted by molar-refractivity contribution is 5.78. The minimum absolute atomic E-state index is 0.132. The Morgan fingerprint density at radius 2 is 1.79 bits per heavy atom. The van der Waals surface area contributed by atoms with Gasteiger partial charge in [0.15, 0.2) is 0 Å². The number of H-pyrrole nitrogens is 1. The summed E-state index contributed by atoms with van der Waals surface area (Å²) < 4.78 is 0. The van der Waals surface area contributed by atoms with Crippen LogP contribution < -0.4 is 10.4 Å². The molecule has 0 aliphatic carbocycles. The van der Waals surface area contributed by atoms with Gasteiger partial charge in [0.05, 0.1) is 16.7 Å². The summed E-state index contributed by atoms with van der Waals surface area (Å²) in [7, 11) is 0. The first-order chi connectivity index (χ1) is 13.9. The van der Waals surface area contributed by atoms with Crippen molar-refractivity contribution < 1.29 is 4.84 Å². The summed E-state index contributed by atoms with van der Waals surface area (Å²) >= 11 is 0. The van der Waals surface area contributed by atoms with Crippen molar-refractivity contribution in [2.75, 3.05) is 18.0 Å². The number of fused-ring (bicyclic) bond motifs is 1. The molecule has 0 bridgehead atoms. The average molecular weight is 389 g/mol. The predicted molar refractivity (Wildman–Crippen MR) is 118 cm³/mol. The smallest absolute Gasteiger partial charge is 0.203 e. The number of hydrogen-bond acceptors (Lipinski definition) is 4. The Balaban J connectivity index is 1.33. The molecule has 0 saturated carbocycles. The van der Waals surface area contributed by atoms with Gasteiger partial charge >= 0.3 is 0 Å². The molecule has 5 nitrogen and oxygen atoms in total. The van der Waals surface area contributed by atoms with E-state index >= 15 is 0 Å². The molecule has 150 valence electrons. The van der Waals surface area contributed by atoms with E-state index in [1.165, 1.54) is 11.1 Å². The van der Waals surface area contributed by atoms with Crippen LogP contribution in [0.1, 0.15) is 44.7 Å². The van der Waals surface area contributed by atoms with Gasteiger partial charge in [-0.3, -0.25) is 10.3 Å². The van der Waals surface area contributed by atoms with Crippen LogP contribution in [0.25, 0.3) is 16.7 Å². The van der Waals surface area contributed by atoms with Crippen LogP contribution in [-0.2, 0) is 10.3 Å². The van der Waals surface area contributed by atoms with Gasteiger partial charge in [-0.1, -0.05) is 57.2 Å². The summed E-state index contributed by atoms with van der Waals surface area (Å²) in [4.78, 5) is 16.7. The third-order valence-electron chi connectivity index (χ3n) is 6.10. The monoisotopic (exact) mass is 388 g/mol. The van der Waals surface area contributed by atoms with Crippen LogP contribution in [0.4, 0.5) is 5.95 Å². The molecule has 0 radical (unpaired) electrons. The Morgan fingerprint density at radius 1 is 1.03 bits per heavy atom. The number of aromatic amines is 1. The topological polar surface area (TPSA) is 53.2 Å². The van der Waals surface area contributed by atoms with Gasteiger partial charge in [-0.25, -0.2) is 4.98 Å². The quantitative estimate of drug-likeness (QED) is 0.664. The van der Waals surface area contributed by atoms with E-state index in [0.717, 1.165) is 48.6 Å². The Bertz CT molecular complexity index is 1050. The summed E-state index contributed by atoms with van der Waals surface area (Å²) in [5.74, 6) is 0.958. The molecule has 1 aromatic heterocycles. The molecule has 0 amide bonds. The van der Waals surface area contributed by atoms with E-state index in [-0.39, 0.29) is 11.0 Å². The molecule has 2 aliphatic rings. The van der Waals surface area contributed by atoms with E-state index in [2.05, 4.69) is 84.7 Å². The first-order valence-electron chi connectivity index (χ1n) is 10.4. The maximum absolute atomic E-state index is 6.04. The van der Waals surface area contributed by atoms with Crippen molar-refractivity contribution in [2.24, 2.45) is 0 Å². The zero-order chi connectivity index (χ0) is 20.1. The van der Waals surface area contributed by atoms with Gasteiger partial charge in [0, 0.05) is 25.9 Å². The van der Waals surface area contributed by atoms with Gasteiger partial charge in [-0.15, -0.1) is 0 Å². The first-order valence-corrected chi connectivity index (χ1v) is 10.4. The van der Waals surface area contributed by atoms with Crippen molar-refractivity contribution >= 4 is 22.7 Å². The summed E-state index contributed by atoms with van der Waals surface area (Å²) in [6.07, 6.45) is 4.12. The molecule has 1 spiro atoms. The molecular weight excluding hydrogens is 360 g/mol. The molecule has 1 saturated heterocycles. The minimum Gasteiger partial charge on any atom is -0.342 e. The summed E-state index contributed by atoms with van der Waals surface area (Å²) in [6, 6.07) is 16.9. The highest BCUT2D eigenvalue weighted by Crippen LogP contribution is 2.36. The van der Waals surface area contributed by atoms with Crippen LogP contribution in [-0.4, -0.2) is 28.7 Å². The fourth-order valence-corrected chi connectivity index (χ4v) is 4.19. The lowest BCUT2D eigenvalue weighted by atomic mass is 9.87. The third kappa shape index (κ3) is 3.40. The first kappa shape index (κ1) is 18.3. The van der Waals surface area contributed by atoms with Crippen molar-refractivity contribution in [3.05, 3.63) is 65.7 Å². The standard InChI is InChI=1S/C24H28N4O/c1-23(2,3)18-9-10-19-20(15-18)26-22(25-19)28-13-11-24(12-14-28)16-21(27-29-24)17-7-5-4-6-8-17/h4-10,15-16,27H,11-14H2,1-3H3,(H,25,26). The molecule has 5 rings (SSSR count). The number of nitrogens with zero attached hydrogens (tertiary/aromatic N) is 2. The highest BCUT2D eigenvalue weighted by Gasteiger charge is 2.39. The van der Waals surface area contributed by atoms with Crippen LogP contribution in [0, 0.1) is 0 Å². The number of hydroxylamine groups is 1. The van der Waals surface area contributed by atoms with Crippen LogP contribution in [0.2, 0.25) is 0 Å². The van der Waals surface area contributed by atoms with Gasteiger partial charge in [-0.05, 0) is 34.8 Å². The zero-order valence-corrected chi connectivity index (χ0v) is 17.3. The van der Waals surface area contributed by atoms with Crippen molar-refractivity contribution in [1.82, 2.24) is 15.4 Å². The fraction of sp³-hybridized carbons (Fsp3) is 0.375.